The molecule has 0 saturated carbocycles. The second-order valence-corrected chi connectivity index (χ2v) is 7.59. The van der Waals surface area contributed by atoms with E-state index in [-0.39, 0.29) is 11.7 Å². The van der Waals surface area contributed by atoms with Crippen LogP contribution in [-0.2, 0) is 0 Å². The summed E-state index contributed by atoms with van der Waals surface area (Å²) < 4.78 is 13.2. The van der Waals surface area contributed by atoms with Crippen LogP contribution in [0.5, 0.6) is 0 Å². The van der Waals surface area contributed by atoms with Gasteiger partial charge in [0.05, 0.1) is 0 Å². The first-order valence-corrected chi connectivity index (χ1v) is 10.3. The molecule has 5 nitrogen and oxygen atoms in total. The minimum atomic E-state index is -0.226. The highest BCUT2D eigenvalue weighted by Crippen LogP contribution is 2.20. The molecule has 2 fully saturated rings. The molecule has 0 aliphatic carbocycles. The van der Waals surface area contributed by atoms with E-state index < -0.39 is 0 Å². The highest BCUT2D eigenvalue weighted by atomic mass is 19.1. The lowest BCUT2D eigenvalue weighted by Gasteiger charge is -2.36. The van der Waals surface area contributed by atoms with E-state index in [0.29, 0.717) is 13.1 Å². The standard InChI is InChI=1S/C22H27BFN4O/c1-23-18-14-17(15-21(16-18)26-8-6-25-7-9-26)22(29)28-12-10-27(11-13-28)20-4-2-19(24)3-5-20/h2-5,14-16,25H,6-13H2,1H3. The van der Waals surface area contributed by atoms with Gasteiger partial charge in [0.25, 0.3) is 5.91 Å². The fraction of sp³-hybridized carbons (Fsp3) is 0.409. The van der Waals surface area contributed by atoms with E-state index in [1.54, 1.807) is 12.1 Å². The Morgan fingerprint density at radius 2 is 1.55 bits per heavy atom. The van der Waals surface area contributed by atoms with Gasteiger partial charge in [0.15, 0.2) is 0 Å². The first-order chi connectivity index (χ1) is 14.1. The van der Waals surface area contributed by atoms with Crippen molar-refractivity contribution in [2.75, 3.05) is 62.2 Å². The Labute approximate surface area is 172 Å². The average molecular weight is 393 g/mol. The molecule has 4 rings (SSSR count). The molecule has 2 saturated heterocycles. The molecule has 0 unspecified atom stereocenters. The summed E-state index contributed by atoms with van der Waals surface area (Å²) in [4.78, 5) is 19.7. The van der Waals surface area contributed by atoms with E-state index in [4.69, 9.17) is 0 Å². The minimum absolute atomic E-state index is 0.0869. The van der Waals surface area contributed by atoms with Gasteiger partial charge in [0, 0.05) is 69.3 Å². The summed E-state index contributed by atoms with van der Waals surface area (Å²) in [6.45, 7) is 8.69. The third-order valence-corrected chi connectivity index (χ3v) is 5.76. The lowest BCUT2D eigenvalue weighted by molar-refractivity contribution is 0.0747. The monoisotopic (exact) mass is 393 g/mol. The molecule has 0 spiro atoms. The van der Waals surface area contributed by atoms with Crippen LogP contribution >= 0.6 is 0 Å². The number of amides is 1. The van der Waals surface area contributed by atoms with Crippen molar-refractivity contribution in [2.45, 2.75) is 6.82 Å². The number of hydrogen-bond acceptors (Lipinski definition) is 4. The number of nitrogens with zero attached hydrogens (tertiary/aromatic N) is 3. The van der Waals surface area contributed by atoms with Gasteiger partial charge in [0.1, 0.15) is 13.1 Å². The van der Waals surface area contributed by atoms with Crippen molar-refractivity contribution in [3.63, 3.8) is 0 Å². The summed E-state index contributed by atoms with van der Waals surface area (Å²) in [5.41, 5.74) is 3.95. The summed E-state index contributed by atoms with van der Waals surface area (Å²) >= 11 is 0. The number of carbonyl (C=O) groups is 1. The van der Waals surface area contributed by atoms with Crippen molar-refractivity contribution in [2.24, 2.45) is 0 Å². The number of nitrogens with one attached hydrogen (secondary N) is 1. The van der Waals surface area contributed by atoms with Gasteiger partial charge in [-0.15, -0.1) is 0 Å². The van der Waals surface area contributed by atoms with Crippen molar-refractivity contribution in [1.29, 1.82) is 0 Å². The lowest BCUT2D eigenvalue weighted by atomic mass is 9.72. The van der Waals surface area contributed by atoms with Crippen LogP contribution in [0.3, 0.4) is 0 Å². The zero-order valence-corrected chi connectivity index (χ0v) is 16.9. The highest BCUT2D eigenvalue weighted by Gasteiger charge is 2.23. The SMILES string of the molecule is C[B]c1cc(C(=O)N2CCN(c3ccc(F)cc3)CC2)cc(N2CCNCC2)c1. The van der Waals surface area contributed by atoms with Gasteiger partial charge >= 0.3 is 0 Å². The van der Waals surface area contributed by atoms with E-state index >= 15 is 0 Å². The molecule has 1 amide bonds. The molecule has 2 aromatic carbocycles. The van der Waals surface area contributed by atoms with Gasteiger partial charge < -0.3 is 20.0 Å². The largest absolute Gasteiger partial charge is 0.369 e. The van der Waals surface area contributed by atoms with Gasteiger partial charge in [-0.1, -0.05) is 18.4 Å². The maximum atomic E-state index is 13.2. The number of piperazine rings is 2. The third-order valence-electron chi connectivity index (χ3n) is 5.76. The van der Waals surface area contributed by atoms with E-state index in [2.05, 4.69) is 28.5 Å². The zero-order chi connectivity index (χ0) is 20.2. The molecule has 2 aromatic rings. The maximum absolute atomic E-state index is 13.2. The number of anilines is 2. The smallest absolute Gasteiger partial charge is 0.254 e. The number of hydrogen-bond donors (Lipinski definition) is 1. The van der Waals surface area contributed by atoms with Gasteiger partial charge in [-0.25, -0.2) is 4.39 Å². The van der Waals surface area contributed by atoms with Crippen LogP contribution in [-0.4, -0.2) is 70.4 Å². The number of benzene rings is 2. The van der Waals surface area contributed by atoms with Crippen LogP contribution in [0, 0.1) is 5.82 Å². The topological polar surface area (TPSA) is 38.8 Å². The highest BCUT2D eigenvalue weighted by molar-refractivity contribution is 6.52. The molecule has 0 aromatic heterocycles. The normalized spacial score (nSPS) is 17.4. The molecular formula is C22H27BFN4O. The van der Waals surface area contributed by atoms with Crippen LogP contribution in [0.4, 0.5) is 15.8 Å². The quantitative estimate of drug-likeness (QED) is 0.801. The lowest BCUT2D eigenvalue weighted by Crippen LogP contribution is -2.49. The number of halogens is 1. The predicted molar refractivity (Wildman–Crippen MR) is 117 cm³/mol. The Morgan fingerprint density at radius 1 is 0.897 bits per heavy atom. The maximum Gasteiger partial charge on any atom is 0.254 e. The van der Waals surface area contributed by atoms with Gasteiger partial charge in [-0.2, -0.15) is 0 Å². The zero-order valence-electron chi connectivity index (χ0n) is 16.9. The van der Waals surface area contributed by atoms with Crippen molar-refractivity contribution < 1.29 is 9.18 Å². The van der Waals surface area contributed by atoms with E-state index in [1.165, 1.54) is 12.1 Å². The van der Waals surface area contributed by atoms with Crippen LogP contribution in [0.1, 0.15) is 10.4 Å². The minimum Gasteiger partial charge on any atom is -0.369 e. The van der Waals surface area contributed by atoms with E-state index in [0.717, 1.165) is 61.7 Å². The van der Waals surface area contributed by atoms with E-state index in [1.807, 2.05) is 23.9 Å². The van der Waals surface area contributed by atoms with Crippen molar-refractivity contribution in [3.05, 3.63) is 53.8 Å². The first kappa shape index (κ1) is 19.8. The Bertz CT molecular complexity index is 846. The molecule has 2 aliphatic heterocycles. The van der Waals surface area contributed by atoms with Crippen molar-refractivity contribution >= 4 is 30.0 Å². The molecule has 0 bridgehead atoms. The number of carbonyl (C=O) groups excluding carboxylic acids is 1. The second-order valence-electron chi connectivity index (χ2n) is 7.59. The predicted octanol–water partition coefficient (Wildman–Crippen LogP) is 1.58. The van der Waals surface area contributed by atoms with Crippen molar-refractivity contribution in [3.8, 4) is 0 Å². The molecule has 0 atom stereocenters. The first-order valence-electron chi connectivity index (χ1n) is 10.3. The summed E-state index contributed by atoms with van der Waals surface area (Å²) in [6, 6.07) is 12.7. The van der Waals surface area contributed by atoms with Crippen LogP contribution < -0.4 is 20.6 Å². The summed E-state index contributed by atoms with van der Waals surface area (Å²) in [6.07, 6.45) is 0. The van der Waals surface area contributed by atoms with Gasteiger partial charge in [-0.05, 0) is 36.4 Å². The van der Waals surface area contributed by atoms with Crippen molar-refractivity contribution in [1.82, 2.24) is 10.2 Å². The Balaban J connectivity index is 1.46. The fourth-order valence-corrected chi connectivity index (χ4v) is 4.03. The average Bonchev–Trinajstić information content (AvgIpc) is 2.79. The van der Waals surface area contributed by atoms with Crippen LogP contribution in [0.25, 0.3) is 0 Å². The van der Waals surface area contributed by atoms with Crippen LogP contribution in [0.2, 0.25) is 6.82 Å². The Kier molecular flexibility index (Phi) is 6.04. The summed E-state index contributed by atoms with van der Waals surface area (Å²) in [5.74, 6) is -0.140. The van der Waals surface area contributed by atoms with Gasteiger partial charge in [-0.3, -0.25) is 4.79 Å². The third kappa shape index (κ3) is 4.56. The summed E-state index contributed by atoms with van der Waals surface area (Å²) in [5, 5.41) is 3.37. The molecule has 1 N–H and O–H groups in total. The van der Waals surface area contributed by atoms with E-state index in [9.17, 15) is 9.18 Å². The second kappa shape index (κ2) is 8.86. The molecule has 2 heterocycles. The fourth-order valence-electron chi connectivity index (χ4n) is 4.03. The molecule has 7 heteroatoms. The number of rotatable bonds is 4. The molecule has 1 radical (unpaired) electrons. The molecule has 2 aliphatic rings. The molecular weight excluding hydrogens is 366 g/mol. The molecule has 151 valence electrons. The van der Waals surface area contributed by atoms with Gasteiger partial charge in [0.2, 0.25) is 0 Å². The Hall–Kier alpha value is -2.54. The Morgan fingerprint density at radius 3 is 2.21 bits per heavy atom. The molecule has 29 heavy (non-hydrogen) atoms. The van der Waals surface area contributed by atoms with Crippen LogP contribution in [0.15, 0.2) is 42.5 Å². The summed E-state index contributed by atoms with van der Waals surface area (Å²) in [7, 11) is 2.05.